The maximum absolute atomic E-state index is 5.83. The monoisotopic (exact) mass is 258 g/mol. The molecule has 1 aliphatic heterocycles. The molecule has 0 amide bonds. The number of anilines is 3. The number of thioether (sulfide) groups is 1. The van der Waals surface area contributed by atoms with Gasteiger partial charge in [0.25, 0.3) is 0 Å². The third-order valence-electron chi connectivity index (χ3n) is 3.06. The molecule has 2 heterocycles. The number of aromatic nitrogens is 2. The van der Waals surface area contributed by atoms with Crippen LogP contribution in [0.15, 0.2) is 35.5 Å². The lowest BCUT2D eigenvalue weighted by molar-refractivity contribution is 0.913. The average Bonchev–Trinajstić information content (AvgIpc) is 2.81. The van der Waals surface area contributed by atoms with Gasteiger partial charge in [-0.05, 0) is 24.3 Å². The number of nitrogens with zero attached hydrogens (tertiary/aromatic N) is 3. The molecule has 5 heteroatoms. The number of nitrogen functional groups attached to an aromatic ring is 1. The molecular formula is C13H14N4S. The van der Waals surface area contributed by atoms with Crippen LogP contribution in [0.2, 0.25) is 0 Å². The van der Waals surface area contributed by atoms with Crippen LogP contribution in [0.5, 0.6) is 0 Å². The molecule has 0 aliphatic carbocycles. The molecule has 1 aromatic carbocycles. The number of hydrogen-bond acceptors (Lipinski definition) is 5. The predicted octanol–water partition coefficient (Wildman–Crippen LogP) is 2.47. The second-order valence-electron chi connectivity index (χ2n) is 4.17. The van der Waals surface area contributed by atoms with Crippen molar-refractivity contribution in [2.24, 2.45) is 0 Å². The minimum Gasteiger partial charge on any atom is -0.383 e. The third-order valence-corrected chi connectivity index (χ3v) is 3.61. The molecule has 0 atom stereocenters. The van der Waals surface area contributed by atoms with Crippen LogP contribution in [0.25, 0.3) is 0 Å². The van der Waals surface area contributed by atoms with Gasteiger partial charge in [0.15, 0.2) is 5.16 Å². The Morgan fingerprint density at radius 3 is 2.94 bits per heavy atom. The first-order chi connectivity index (χ1) is 8.78. The molecule has 92 valence electrons. The van der Waals surface area contributed by atoms with E-state index >= 15 is 0 Å². The van der Waals surface area contributed by atoms with Crippen molar-refractivity contribution in [1.29, 1.82) is 0 Å². The van der Waals surface area contributed by atoms with E-state index in [1.165, 1.54) is 23.0 Å². The Kier molecular flexibility index (Phi) is 2.83. The van der Waals surface area contributed by atoms with Crippen LogP contribution in [-0.2, 0) is 6.42 Å². The number of rotatable bonds is 2. The molecule has 0 bridgehead atoms. The lowest BCUT2D eigenvalue weighted by Crippen LogP contribution is -2.15. The van der Waals surface area contributed by atoms with Crippen molar-refractivity contribution in [1.82, 2.24) is 9.97 Å². The quantitative estimate of drug-likeness (QED) is 0.662. The Hall–Kier alpha value is -1.75. The van der Waals surface area contributed by atoms with Gasteiger partial charge in [-0.1, -0.05) is 30.0 Å². The van der Waals surface area contributed by atoms with Crippen molar-refractivity contribution in [3.8, 4) is 0 Å². The molecule has 0 spiro atoms. The van der Waals surface area contributed by atoms with Gasteiger partial charge in [0.05, 0.1) is 0 Å². The zero-order chi connectivity index (χ0) is 12.5. The van der Waals surface area contributed by atoms with Gasteiger partial charge in [-0.15, -0.1) is 0 Å². The molecule has 18 heavy (non-hydrogen) atoms. The molecule has 1 aliphatic rings. The van der Waals surface area contributed by atoms with Crippen molar-refractivity contribution >= 4 is 29.1 Å². The second kappa shape index (κ2) is 4.49. The highest BCUT2D eigenvalue weighted by atomic mass is 32.2. The minimum absolute atomic E-state index is 0.522. The largest absolute Gasteiger partial charge is 0.383 e. The van der Waals surface area contributed by atoms with Gasteiger partial charge in [0.1, 0.15) is 11.6 Å². The maximum Gasteiger partial charge on any atom is 0.191 e. The molecule has 0 fully saturated rings. The normalized spacial score (nSPS) is 13.7. The summed E-state index contributed by atoms with van der Waals surface area (Å²) in [4.78, 5) is 10.9. The Bertz CT molecular complexity index is 585. The zero-order valence-electron chi connectivity index (χ0n) is 10.1. The third kappa shape index (κ3) is 1.90. The Balaban J connectivity index is 2.04. The summed E-state index contributed by atoms with van der Waals surface area (Å²) in [5.74, 6) is 1.41. The minimum atomic E-state index is 0.522. The standard InChI is InChI=1S/C13H14N4S/c1-18-13-15-11(14)8-12(16-13)17-7-6-9-4-2-3-5-10(9)17/h2-5,8H,6-7H2,1H3,(H2,14,15,16). The summed E-state index contributed by atoms with van der Waals surface area (Å²) in [6, 6.07) is 10.2. The first-order valence-electron chi connectivity index (χ1n) is 5.82. The molecule has 0 unspecified atom stereocenters. The highest BCUT2D eigenvalue weighted by Gasteiger charge is 2.21. The van der Waals surface area contributed by atoms with Crippen molar-refractivity contribution in [2.45, 2.75) is 11.6 Å². The second-order valence-corrected chi connectivity index (χ2v) is 4.94. The Morgan fingerprint density at radius 2 is 2.11 bits per heavy atom. The van der Waals surface area contributed by atoms with Gasteiger partial charge in [-0.25, -0.2) is 9.97 Å². The van der Waals surface area contributed by atoms with Crippen LogP contribution in [0.1, 0.15) is 5.56 Å². The topological polar surface area (TPSA) is 55.0 Å². The van der Waals surface area contributed by atoms with E-state index in [-0.39, 0.29) is 0 Å². The highest BCUT2D eigenvalue weighted by molar-refractivity contribution is 7.98. The van der Waals surface area contributed by atoms with Crippen LogP contribution in [0.4, 0.5) is 17.3 Å². The lowest BCUT2D eigenvalue weighted by Gasteiger charge is -2.18. The summed E-state index contributed by atoms with van der Waals surface area (Å²) >= 11 is 1.51. The van der Waals surface area contributed by atoms with Crippen LogP contribution in [-0.4, -0.2) is 22.8 Å². The maximum atomic E-state index is 5.83. The van der Waals surface area contributed by atoms with Gasteiger partial charge in [-0.2, -0.15) is 0 Å². The van der Waals surface area contributed by atoms with E-state index in [0.717, 1.165) is 23.9 Å². The number of fused-ring (bicyclic) bond motifs is 1. The fraction of sp³-hybridized carbons (Fsp3) is 0.231. The van der Waals surface area contributed by atoms with Crippen molar-refractivity contribution < 1.29 is 0 Å². The molecule has 3 rings (SSSR count). The van der Waals surface area contributed by atoms with Crippen LogP contribution >= 0.6 is 11.8 Å². The molecule has 2 aromatic rings. The number of hydrogen-bond donors (Lipinski definition) is 1. The van der Waals surface area contributed by atoms with Gasteiger partial charge >= 0.3 is 0 Å². The summed E-state index contributed by atoms with van der Waals surface area (Å²) in [6.07, 6.45) is 3.01. The number of benzene rings is 1. The van der Waals surface area contributed by atoms with Crippen LogP contribution < -0.4 is 10.6 Å². The van der Waals surface area contributed by atoms with E-state index < -0.39 is 0 Å². The molecule has 2 N–H and O–H groups in total. The fourth-order valence-corrected chi connectivity index (χ4v) is 2.62. The molecule has 4 nitrogen and oxygen atoms in total. The Labute approximate surface area is 110 Å². The SMILES string of the molecule is CSc1nc(N)cc(N2CCc3ccccc32)n1. The Morgan fingerprint density at radius 1 is 1.28 bits per heavy atom. The number of nitrogens with two attached hydrogens (primary N) is 1. The van der Waals surface area contributed by atoms with Gasteiger partial charge in [0, 0.05) is 18.3 Å². The molecule has 0 radical (unpaired) electrons. The van der Waals surface area contributed by atoms with E-state index in [9.17, 15) is 0 Å². The molecule has 1 aromatic heterocycles. The highest BCUT2D eigenvalue weighted by Crippen LogP contribution is 2.34. The van der Waals surface area contributed by atoms with E-state index in [1.807, 2.05) is 12.3 Å². The van der Waals surface area contributed by atoms with E-state index in [0.29, 0.717) is 5.82 Å². The van der Waals surface area contributed by atoms with Crippen molar-refractivity contribution in [3.05, 3.63) is 35.9 Å². The van der Waals surface area contributed by atoms with Crippen LogP contribution in [0, 0.1) is 0 Å². The summed E-state index contributed by atoms with van der Waals surface area (Å²) in [5, 5.41) is 0.717. The van der Waals surface area contributed by atoms with Crippen molar-refractivity contribution in [3.63, 3.8) is 0 Å². The first kappa shape index (κ1) is 11.3. The average molecular weight is 258 g/mol. The summed E-state index contributed by atoms with van der Waals surface area (Å²) < 4.78 is 0. The first-order valence-corrected chi connectivity index (χ1v) is 7.04. The van der Waals surface area contributed by atoms with E-state index in [2.05, 4.69) is 39.1 Å². The fourth-order valence-electron chi connectivity index (χ4n) is 2.24. The summed E-state index contributed by atoms with van der Waals surface area (Å²) in [5.41, 5.74) is 8.42. The van der Waals surface area contributed by atoms with Gasteiger partial charge in [-0.3, -0.25) is 0 Å². The summed E-state index contributed by atoms with van der Waals surface area (Å²) in [6.45, 7) is 0.948. The molecule has 0 saturated heterocycles. The van der Waals surface area contributed by atoms with Gasteiger partial charge < -0.3 is 10.6 Å². The zero-order valence-corrected chi connectivity index (χ0v) is 10.9. The van der Waals surface area contributed by atoms with Crippen molar-refractivity contribution in [2.75, 3.05) is 23.4 Å². The lowest BCUT2D eigenvalue weighted by atomic mass is 10.2. The smallest absolute Gasteiger partial charge is 0.191 e. The summed E-state index contributed by atoms with van der Waals surface area (Å²) in [7, 11) is 0. The van der Waals surface area contributed by atoms with E-state index in [4.69, 9.17) is 5.73 Å². The number of para-hydroxylation sites is 1. The molecule has 0 saturated carbocycles. The molecular weight excluding hydrogens is 244 g/mol. The van der Waals surface area contributed by atoms with E-state index in [1.54, 1.807) is 0 Å². The predicted molar refractivity (Wildman–Crippen MR) is 75.4 cm³/mol. The van der Waals surface area contributed by atoms with Gasteiger partial charge in [0.2, 0.25) is 0 Å². The van der Waals surface area contributed by atoms with Crippen LogP contribution in [0.3, 0.4) is 0 Å².